The van der Waals surface area contributed by atoms with Gasteiger partial charge in [-0.05, 0) is 29.8 Å². The molecular formula is C14H17BrN2O2S2. The van der Waals surface area contributed by atoms with Crippen LogP contribution in [-0.4, -0.2) is 27.8 Å². The van der Waals surface area contributed by atoms with E-state index in [1.54, 1.807) is 11.3 Å². The summed E-state index contributed by atoms with van der Waals surface area (Å²) in [6.07, 6.45) is 1.16. The topological polar surface area (TPSA) is 58.2 Å². The van der Waals surface area contributed by atoms with E-state index in [-0.39, 0.29) is 0 Å². The summed E-state index contributed by atoms with van der Waals surface area (Å²) in [5, 5.41) is 3.22. The summed E-state index contributed by atoms with van der Waals surface area (Å²) in [7, 11) is -3.10. The number of benzene rings is 1. The molecule has 4 nitrogen and oxygen atoms in total. The normalized spacial score (nSPS) is 11.7. The Bertz CT molecular complexity index is 699. The Balaban J connectivity index is 1.84. The van der Waals surface area contributed by atoms with Crippen LogP contribution in [0.5, 0.6) is 0 Å². The standard InChI is InChI=1S/C14H17BrN2O2S2/c1-21(18,19)17-8-7-16-10-13-5-6-14(20-13)11-3-2-4-12(15)9-11/h2-6,9,16-17H,7-8,10H2,1H3. The summed E-state index contributed by atoms with van der Waals surface area (Å²) in [5.74, 6) is 0. The number of rotatable bonds is 7. The van der Waals surface area contributed by atoms with E-state index in [0.29, 0.717) is 13.1 Å². The summed E-state index contributed by atoms with van der Waals surface area (Å²) in [4.78, 5) is 2.45. The zero-order chi connectivity index (χ0) is 15.3. The first-order valence-corrected chi connectivity index (χ1v) is 9.94. The Kier molecular flexibility index (Phi) is 5.95. The smallest absolute Gasteiger partial charge is 0.208 e. The minimum atomic E-state index is -3.10. The molecule has 7 heteroatoms. The van der Waals surface area contributed by atoms with Gasteiger partial charge in [-0.25, -0.2) is 13.1 Å². The maximum atomic E-state index is 10.9. The lowest BCUT2D eigenvalue weighted by Gasteiger charge is -2.03. The van der Waals surface area contributed by atoms with Gasteiger partial charge < -0.3 is 5.32 Å². The lowest BCUT2D eigenvalue weighted by atomic mass is 10.2. The first-order chi connectivity index (χ1) is 9.94. The molecule has 0 aliphatic heterocycles. The predicted molar refractivity (Wildman–Crippen MR) is 92.0 cm³/mol. The summed E-state index contributed by atoms with van der Waals surface area (Å²) in [5.41, 5.74) is 1.19. The summed E-state index contributed by atoms with van der Waals surface area (Å²) >= 11 is 5.21. The monoisotopic (exact) mass is 388 g/mol. The Morgan fingerprint density at radius 3 is 2.71 bits per heavy atom. The van der Waals surface area contributed by atoms with Crippen molar-refractivity contribution in [1.82, 2.24) is 10.0 Å². The van der Waals surface area contributed by atoms with Gasteiger partial charge in [0.25, 0.3) is 0 Å². The minimum Gasteiger partial charge on any atom is -0.311 e. The first kappa shape index (κ1) is 16.6. The molecule has 0 unspecified atom stereocenters. The van der Waals surface area contributed by atoms with E-state index in [2.05, 4.69) is 50.2 Å². The lowest BCUT2D eigenvalue weighted by Crippen LogP contribution is -2.30. The molecule has 0 fully saturated rings. The van der Waals surface area contributed by atoms with E-state index in [9.17, 15) is 8.42 Å². The molecule has 0 spiro atoms. The van der Waals surface area contributed by atoms with Crippen LogP contribution in [-0.2, 0) is 16.6 Å². The number of nitrogens with one attached hydrogen (secondary N) is 2. The number of hydrogen-bond acceptors (Lipinski definition) is 4. The predicted octanol–water partition coefficient (Wildman–Crippen LogP) is 2.82. The SMILES string of the molecule is CS(=O)(=O)NCCNCc1ccc(-c2cccc(Br)c2)s1. The molecule has 0 saturated carbocycles. The van der Waals surface area contributed by atoms with Gasteiger partial charge in [0.05, 0.1) is 6.26 Å². The van der Waals surface area contributed by atoms with Crippen molar-refractivity contribution in [1.29, 1.82) is 0 Å². The molecule has 114 valence electrons. The van der Waals surface area contributed by atoms with E-state index in [1.807, 2.05) is 12.1 Å². The van der Waals surface area contributed by atoms with Crippen molar-refractivity contribution in [3.8, 4) is 10.4 Å². The van der Waals surface area contributed by atoms with E-state index >= 15 is 0 Å². The zero-order valence-corrected chi connectivity index (χ0v) is 14.8. The van der Waals surface area contributed by atoms with Gasteiger partial charge in [0.2, 0.25) is 10.0 Å². The second kappa shape index (κ2) is 7.51. The molecule has 1 heterocycles. The molecule has 2 N–H and O–H groups in total. The van der Waals surface area contributed by atoms with Crippen molar-refractivity contribution in [2.75, 3.05) is 19.3 Å². The Morgan fingerprint density at radius 2 is 2.00 bits per heavy atom. The third kappa shape index (κ3) is 5.88. The van der Waals surface area contributed by atoms with Gasteiger partial charge in [0, 0.05) is 33.9 Å². The molecule has 0 aliphatic carbocycles. The van der Waals surface area contributed by atoms with E-state index in [1.165, 1.54) is 15.3 Å². The van der Waals surface area contributed by atoms with Gasteiger partial charge in [-0.3, -0.25) is 0 Å². The molecule has 0 aliphatic rings. The summed E-state index contributed by atoms with van der Waals surface area (Å²) < 4.78 is 25.3. The van der Waals surface area contributed by atoms with Crippen LogP contribution in [0, 0.1) is 0 Å². The fourth-order valence-corrected chi connectivity index (χ4v) is 3.65. The maximum Gasteiger partial charge on any atom is 0.208 e. The van der Waals surface area contributed by atoms with Crippen LogP contribution in [0.1, 0.15) is 4.88 Å². The van der Waals surface area contributed by atoms with Gasteiger partial charge in [-0.2, -0.15) is 0 Å². The fraction of sp³-hybridized carbons (Fsp3) is 0.286. The van der Waals surface area contributed by atoms with Gasteiger partial charge >= 0.3 is 0 Å². The zero-order valence-electron chi connectivity index (χ0n) is 11.6. The van der Waals surface area contributed by atoms with Crippen molar-refractivity contribution in [2.45, 2.75) is 6.54 Å². The highest BCUT2D eigenvalue weighted by molar-refractivity contribution is 9.10. The molecule has 2 aromatic rings. The quantitative estimate of drug-likeness (QED) is 0.716. The van der Waals surface area contributed by atoms with Gasteiger partial charge in [0.1, 0.15) is 0 Å². The van der Waals surface area contributed by atoms with Crippen molar-refractivity contribution in [3.05, 3.63) is 45.7 Å². The van der Waals surface area contributed by atoms with Crippen LogP contribution < -0.4 is 10.0 Å². The Morgan fingerprint density at radius 1 is 1.19 bits per heavy atom. The highest BCUT2D eigenvalue weighted by Gasteiger charge is 2.04. The largest absolute Gasteiger partial charge is 0.311 e. The van der Waals surface area contributed by atoms with Gasteiger partial charge in [-0.15, -0.1) is 11.3 Å². The molecule has 0 bridgehead atoms. The Labute approximate surface area is 137 Å². The van der Waals surface area contributed by atoms with Crippen LogP contribution in [0.4, 0.5) is 0 Å². The number of sulfonamides is 1. The Hall–Kier alpha value is -0.730. The molecule has 0 amide bonds. The molecule has 1 aromatic carbocycles. The second-order valence-electron chi connectivity index (χ2n) is 4.62. The summed E-state index contributed by atoms with van der Waals surface area (Å²) in [6, 6.07) is 12.4. The van der Waals surface area contributed by atoms with Crippen molar-refractivity contribution in [3.63, 3.8) is 0 Å². The van der Waals surface area contributed by atoms with E-state index in [4.69, 9.17) is 0 Å². The number of halogens is 1. The van der Waals surface area contributed by atoms with Crippen molar-refractivity contribution >= 4 is 37.3 Å². The fourth-order valence-electron chi connectivity index (χ4n) is 1.81. The first-order valence-electron chi connectivity index (χ1n) is 6.44. The molecular weight excluding hydrogens is 372 g/mol. The van der Waals surface area contributed by atoms with Crippen LogP contribution in [0.3, 0.4) is 0 Å². The number of thiophene rings is 1. The number of hydrogen-bond donors (Lipinski definition) is 2. The van der Waals surface area contributed by atoms with Gasteiger partial charge in [0.15, 0.2) is 0 Å². The lowest BCUT2D eigenvalue weighted by molar-refractivity contribution is 0.582. The van der Waals surface area contributed by atoms with Crippen LogP contribution in [0.25, 0.3) is 10.4 Å². The molecule has 1 aromatic heterocycles. The van der Waals surface area contributed by atoms with Crippen LogP contribution in [0.2, 0.25) is 0 Å². The van der Waals surface area contributed by atoms with E-state index in [0.717, 1.165) is 17.3 Å². The van der Waals surface area contributed by atoms with Crippen molar-refractivity contribution in [2.24, 2.45) is 0 Å². The molecule has 21 heavy (non-hydrogen) atoms. The average molecular weight is 389 g/mol. The molecule has 0 saturated heterocycles. The molecule has 2 rings (SSSR count). The van der Waals surface area contributed by atoms with Crippen molar-refractivity contribution < 1.29 is 8.42 Å². The highest BCUT2D eigenvalue weighted by Crippen LogP contribution is 2.29. The molecule has 0 radical (unpaired) electrons. The summed E-state index contributed by atoms with van der Waals surface area (Å²) in [6.45, 7) is 1.75. The van der Waals surface area contributed by atoms with Crippen LogP contribution in [0.15, 0.2) is 40.9 Å². The average Bonchev–Trinajstić information content (AvgIpc) is 2.86. The highest BCUT2D eigenvalue weighted by atomic mass is 79.9. The third-order valence-electron chi connectivity index (χ3n) is 2.74. The maximum absolute atomic E-state index is 10.9. The third-order valence-corrected chi connectivity index (χ3v) is 5.09. The van der Waals surface area contributed by atoms with Gasteiger partial charge in [-0.1, -0.05) is 28.1 Å². The minimum absolute atomic E-state index is 0.405. The molecule has 0 atom stereocenters. The van der Waals surface area contributed by atoms with E-state index < -0.39 is 10.0 Å². The second-order valence-corrected chi connectivity index (χ2v) is 8.54. The van der Waals surface area contributed by atoms with Crippen LogP contribution >= 0.6 is 27.3 Å².